The van der Waals surface area contributed by atoms with Crippen LogP contribution in [0.3, 0.4) is 0 Å². The molecule has 0 bridgehead atoms. The highest BCUT2D eigenvalue weighted by Gasteiger charge is 2.17. The summed E-state index contributed by atoms with van der Waals surface area (Å²) in [6.07, 6.45) is 0. The molecule has 0 aliphatic heterocycles. The number of hydrogen-bond donors (Lipinski definition) is 2. The molecular formula is C18H21NO4. The van der Waals surface area contributed by atoms with Gasteiger partial charge in [0.05, 0.1) is 25.3 Å². The van der Waals surface area contributed by atoms with Crippen molar-refractivity contribution in [2.24, 2.45) is 0 Å². The monoisotopic (exact) mass is 315 g/mol. The predicted molar refractivity (Wildman–Crippen MR) is 87.7 cm³/mol. The summed E-state index contributed by atoms with van der Waals surface area (Å²) in [5.74, 6) is -0.175. The van der Waals surface area contributed by atoms with E-state index in [1.165, 1.54) is 0 Å². The summed E-state index contributed by atoms with van der Waals surface area (Å²) in [5, 5.41) is 18.8. The molecule has 0 aromatic heterocycles. The molecule has 0 aliphatic carbocycles. The Morgan fingerprint density at radius 1 is 1.22 bits per heavy atom. The molecule has 1 unspecified atom stereocenters. The fraction of sp³-hybridized carbons (Fsp3) is 0.278. The number of aliphatic hydroxyl groups is 1. The van der Waals surface area contributed by atoms with Gasteiger partial charge in [-0.25, -0.2) is 4.79 Å². The van der Waals surface area contributed by atoms with Gasteiger partial charge in [-0.05, 0) is 42.4 Å². The van der Waals surface area contributed by atoms with Crippen LogP contribution in [0.5, 0.6) is 5.75 Å². The number of carboxylic acid groups (broad SMARTS) is 1. The number of benzene rings is 2. The molecule has 2 aromatic carbocycles. The summed E-state index contributed by atoms with van der Waals surface area (Å²) in [6.45, 7) is 0.514. The zero-order valence-corrected chi connectivity index (χ0v) is 13.3. The Morgan fingerprint density at radius 3 is 2.48 bits per heavy atom. The third-order valence-electron chi connectivity index (χ3n) is 3.81. The van der Waals surface area contributed by atoms with Gasteiger partial charge in [0, 0.05) is 6.54 Å². The summed E-state index contributed by atoms with van der Waals surface area (Å²) in [6, 6.07) is 14.2. The van der Waals surface area contributed by atoms with Crippen LogP contribution in [-0.2, 0) is 6.54 Å². The Balaban J connectivity index is 2.14. The summed E-state index contributed by atoms with van der Waals surface area (Å²) >= 11 is 0. The molecule has 122 valence electrons. The predicted octanol–water partition coefficient (Wildman–Crippen LogP) is 2.56. The molecule has 2 rings (SSSR count). The highest BCUT2D eigenvalue weighted by molar-refractivity contribution is 5.87. The van der Waals surface area contributed by atoms with E-state index in [-0.39, 0.29) is 18.2 Å². The molecule has 0 fully saturated rings. The first kappa shape index (κ1) is 17.0. The van der Waals surface area contributed by atoms with Crippen molar-refractivity contribution in [3.63, 3.8) is 0 Å². The van der Waals surface area contributed by atoms with Crippen molar-refractivity contribution >= 4 is 5.97 Å². The molecular weight excluding hydrogens is 294 g/mol. The van der Waals surface area contributed by atoms with E-state index in [0.717, 1.165) is 16.9 Å². The van der Waals surface area contributed by atoms with Crippen LogP contribution in [0.2, 0.25) is 0 Å². The fourth-order valence-electron chi connectivity index (χ4n) is 2.53. The molecule has 23 heavy (non-hydrogen) atoms. The van der Waals surface area contributed by atoms with Gasteiger partial charge >= 0.3 is 5.97 Å². The number of nitrogens with zero attached hydrogens (tertiary/aromatic N) is 1. The van der Waals surface area contributed by atoms with Gasteiger partial charge in [-0.1, -0.05) is 24.3 Å². The lowest BCUT2D eigenvalue weighted by molar-refractivity contribution is 0.0696. The molecule has 2 aromatic rings. The topological polar surface area (TPSA) is 70.0 Å². The van der Waals surface area contributed by atoms with Crippen LogP contribution in [-0.4, -0.2) is 41.8 Å². The first-order chi connectivity index (χ1) is 11.0. The minimum absolute atomic E-state index is 0.0263. The molecule has 0 spiro atoms. The second-order valence-electron chi connectivity index (χ2n) is 5.39. The van der Waals surface area contributed by atoms with Crippen molar-refractivity contribution in [3.8, 4) is 5.75 Å². The molecule has 0 saturated heterocycles. The second kappa shape index (κ2) is 7.76. The Morgan fingerprint density at radius 2 is 1.91 bits per heavy atom. The van der Waals surface area contributed by atoms with Crippen LogP contribution < -0.4 is 4.74 Å². The van der Waals surface area contributed by atoms with E-state index in [2.05, 4.69) is 0 Å². The maximum Gasteiger partial charge on any atom is 0.335 e. The quantitative estimate of drug-likeness (QED) is 0.822. The number of rotatable bonds is 7. The molecule has 1 atom stereocenters. The van der Waals surface area contributed by atoms with Crippen molar-refractivity contribution in [1.82, 2.24) is 4.90 Å². The van der Waals surface area contributed by atoms with Gasteiger partial charge in [0.1, 0.15) is 5.75 Å². The maximum atomic E-state index is 11.0. The third-order valence-corrected chi connectivity index (χ3v) is 3.81. The number of ether oxygens (including phenoxy) is 1. The van der Waals surface area contributed by atoms with E-state index in [4.69, 9.17) is 9.84 Å². The summed E-state index contributed by atoms with van der Waals surface area (Å²) < 4.78 is 5.14. The first-order valence-corrected chi connectivity index (χ1v) is 7.32. The Hall–Kier alpha value is -2.37. The van der Waals surface area contributed by atoms with Crippen LogP contribution in [0.25, 0.3) is 0 Å². The van der Waals surface area contributed by atoms with Crippen LogP contribution in [0.1, 0.15) is 27.5 Å². The normalized spacial score (nSPS) is 12.2. The average Bonchev–Trinajstić information content (AvgIpc) is 2.56. The zero-order valence-electron chi connectivity index (χ0n) is 13.3. The standard InChI is InChI=1S/C18H21NO4/c1-19(11-13-4-3-5-15(10-13)18(21)22)17(12-20)14-6-8-16(23-2)9-7-14/h3-10,17,20H,11-12H2,1-2H3,(H,21,22). The Labute approximate surface area is 135 Å². The van der Waals surface area contributed by atoms with Gasteiger partial charge in [0.15, 0.2) is 0 Å². The lowest BCUT2D eigenvalue weighted by atomic mass is 10.0. The number of carboxylic acids is 1. The molecule has 0 saturated carbocycles. The van der Waals surface area contributed by atoms with E-state index in [0.29, 0.717) is 6.54 Å². The fourth-order valence-corrected chi connectivity index (χ4v) is 2.53. The van der Waals surface area contributed by atoms with Gasteiger partial charge in [-0.15, -0.1) is 0 Å². The van der Waals surface area contributed by atoms with Crippen LogP contribution in [0, 0.1) is 0 Å². The van der Waals surface area contributed by atoms with E-state index >= 15 is 0 Å². The lowest BCUT2D eigenvalue weighted by Gasteiger charge is -2.27. The van der Waals surface area contributed by atoms with Crippen LogP contribution in [0.15, 0.2) is 48.5 Å². The van der Waals surface area contributed by atoms with Crippen LogP contribution >= 0.6 is 0 Å². The SMILES string of the molecule is COc1ccc(C(CO)N(C)Cc2cccc(C(=O)O)c2)cc1. The minimum atomic E-state index is -0.941. The number of aliphatic hydroxyl groups excluding tert-OH is 1. The third kappa shape index (κ3) is 4.31. The Bertz CT molecular complexity index is 654. The molecule has 0 aliphatic rings. The lowest BCUT2D eigenvalue weighted by Crippen LogP contribution is -2.27. The highest BCUT2D eigenvalue weighted by Crippen LogP contribution is 2.23. The minimum Gasteiger partial charge on any atom is -0.497 e. The van der Waals surface area contributed by atoms with Gasteiger partial charge in [0.25, 0.3) is 0 Å². The number of likely N-dealkylation sites (N-methyl/N-ethyl adjacent to an activating group) is 1. The first-order valence-electron chi connectivity index (χ1n) is 7.32. The van der Waals surface area contributed by atoms with E-state index < -0.39 is 5.97 Å². The number of hydrogen-bond acceptors (Lipinski definition) is 4. The maximum absolute atomic E-state index is 11.0. The number of methoxy groups -OCH3 is 1. The van der Waals surface area contributed by atoms with Gasteiger partial charge in [0.2, 0.25) is 0 Å². The number of aromatic carboxylic acids is 1. The Kier molecular flexibility index (Phi) is 5.73. The van der Waals surface area contributed by atoms with Gasteiger partial charge < -0.3 is 14.9 Å². The van der Waals surface area contributed by atoms with Gasteiger partial charge in [-0.3, -0.25) is 4.90 Å². The largest absolute Gasteiger partial charge is 0.497 e. The van der Waals surface area contributed by atoms with Gasteiger partial charge in [-0.2, -0.15) is 0 Å². The molecule has 5 heteroatoms. The zero-order chi connectivity index (χ0) is 16.8. The van der Waals surface area contributed by atoms with E-state index in [1.54, 1.807) is 25.3 Å². The molecule has 0 heterocycles. The smallest absolute Gasteiger partial charge is 0.335 e. The van der Waals surface area contributed by atoms with Crippen molar-refractivity contribution in [1.29, 1.82) is 0 Å². The average molecular weight is 315 g/mol. The van der Waals surface area contributed by atoms with Crippen molar-refractivity contribution < 1.29 is 19.7 Å². The second-order valence-corrected chi connectivity index (χ2v) is 5.39. The van der Waals surface area contributed by atoms with Crippen LogP contribution in [0.4, 0.5) is 0 Å². The van der Waals surface area contributed by atoms with Crippen molar-refractivity contribution in [2.45, 2.75) is 12.6 Å². The highest BCUT2D eigenvalue weighted by atomic mass is 16.5. The molecule has 5 nitrogen and oxygen atoms in total. The molecule has 0 radical (unpaired) electrons. The van der Waals surface area contributed by atoms with E-state index in [1.807, 2.05) is 42.3 Å². The summed E-state index contributed by atoms with van der Waals surface area (Å²) in [7, 11) is 3.51. The summed E-state index contributed by atoms with van der Waals surface area (Å²) in [5.41, 5.74) is 2.13. The van der Waals surface area contributed by atoms with Crippen molar-refractivity contribution in [2.75, 3.05) is 20.8 Å². The molecule has 2 N–H and O–H groups in total. The summed E-state index contributed by atoms with van der Waals surface area (Å²) in [4.78, 5) is 13.0. The van der Waals surface area contributed by atoms with Crippen molar-refractivity contribution in [3.05, 3.63) is 65.2 Å². The molecule has 0 amide bonds. The number of carbonyl (C=O) groups is 1. The van der Waals surface area contributed by atoms with E-state index in [9.17, 15) is 9.90 Å².